The molecule has 1 spiro atoms. The molecular weight excluding hydrogens is 228 g/mol. The zero-order chi connectivity index (χ0) is 13.2. The normalized spacial score (nSPS) is 35.6. The van der Waals surface area contributed by atoms with Gasteiger partial charge in [0.15, 0.2) is 0 Å². The maximum absolute atomic E-state index is 10.9. The second-order valence-electron chi connectivity index (χ2n) is 6.78. The summed E-state index contributed by atoms with van der Waals surface area (Å²) in [5.74, 6) is -0.172. The molecule has 0 radical (unpaired) electrons. The van der Waals surface area contributed by atoms with Crippen LogP contribution in [0.25, 0.3) is 0 Å². The predicted octanol–water partition coefficient (Wildman–Crippen LogP) is 0.116. The molecule has 18 heavy (non-hydrogen) atoms. The standard InChI is InChI=1S/C14H26N2O2/c1-13(2)10-14(6-9-18-13)5-3-7-16(11-14)8-4-12(15)17/h3-11H2,1-2H3,(H2,15,17)/p+1/t14-/m1/s1. The minimum absolute atomic E-state index is 0.0182. The zero-order valence-corrected chi connectivity index (χ0v) is 11.8. The van der Waals surface area contributed by atoms with Gasteiger partial charge in [0, 0.05) is 12.0 Å². The summed E-state index contributed by atoms with van der Waals surface area (Å²) in [7, 11) is 0. The predicted molar refractivity (Wildman–Crippen MR) is 70.3 cm³/mol. The van der Waals surface area contributed by atoms with Crippen molar-refractivity contribution < 1.29 is 14.4 Å². The van der Waals surface area contributed by atoms with Crippen molar-refractivity contribution >= 4 is 5.91 Å². The fourth-order valence-electron chi connectivity index (χ4n) is 3.88. The molecule has 0 saturated carbocycles. The summed E-state index contributed by atoms with van der Waals surface area (Å²) in [6.07, 6.45) is 5.44. The van der Waals surface area contributed by atoms with Gasteiger partial charge in [-0.05, 0) is 39.5 Å². The number of carbonyl (C=O) groups is 1. The van der Waals surface area contributed by atoms with Crippen molar-refractivity contribution in [3.63, 3.8) is 0 Å². The van der Waals surface area contributed by atoms with Crippen LogP contribution in [0.1, 0.15) is 46.0 Å². The number of hydrogen-bond donors (Lipinski definition) is 2. The third-order valence-electron chi connectivity index (χ3n) is 4.51. The highest BCUT2D eigenvalue weighted by Gasteiger charge is 2.45. The summed E-state index contributed by atoms with van der Waals surface area (Å²) in [6, 6.07) is 0. The van der Waals surface area contributed by atoms with E-state index in [9.17, 15) is 4.79 Å². The van der Waals surface area contributed by atoms with Crippen LogP contribution in [0.3, 0.4) is 0 Å². The number of hydrogen-bond acceptors (Lipinski definition) is 2. The molecule has 1 amide bonds. The molecule has 2 fully saturated rings. The Hall–Kier alpha value is -0.610. The highest BCUT2D eigenvalue weighted by atomic mass is 16.5. The van der Waals surface area contributed by atoms with Gasteiger partial charge in [0.1, 0.15) is 0 Å². The van der Waals surface area contributed by atoms with E-state index >= 15 is 0 Å². The average Bonchev–Trinajstić information content (AvgIpc) is 2.25. The SMILES string of the molecule is CC1(C)C[C@@]2(CCC[NH+](CCC(N)=O)C2)CCO1. The Morgan fingerprint density at radius 2 is 2.17 bits per heavy atom. The second-order valence-corrected chi connectivity index (χ2v) is 6.78. The summed E-state index contributed by atoms with van der Waals surface area (Å²) in [5, 5.41) is 0. The van der Waals surface area contributed by atoms with Gasteiger partial charge in [-0.2, -0.15) is 0 Å². The van der Waals surface area contributed by atoms with E-state index in [0.29, 0.717) is 11.8 Å². The van der Waals surface area contributed by atoms with Crippen molar-refractivity contribution in [2.24, 2.45) is 11.1 Å². The molecule has 104 valence electrons. The Balaban J connectivity index is 1.94. The first kappa shape index (κ1) is 13.8. The van der Waals surface area contributed by atoms with Gasteiger partial charge in [0.25, 0.3) is 0 Å². The van der Waals surface area contributed by atoms with Gasteiger partial charge in [-0.15, -0.1) is 0 Å². The van der Waals surface area contributed by atoms with Crippen LogP contribution < -0.4 is 10.6 Å². The lowest BCUT2D eigenvalue weighted by Gasteiger charge is -2.48. The molecule has 2 aliphatic rings. The Labute approximate surface area is 110 Å². The molecule has 0 bridgehead atoms. The van der Waals surface area contributed by atoms with E-state index in [0.717, 1.165) is 19.6 Å². The lowest BCUT2D eigenvalue weighted by molar-refractivity contribution is -0.912. The molecule has 2 aliphatic heterocycles. The summed E-state index contributed by atoms with van der Waals surface area (Å²) < 4.78 is 5.84. The summed E-state index contributed by atoms with van der Waals surface area (Å²) in [6.45, 7) is 8.56. The number of primary amides is 1. The van der Waals surface area contributed by atoms with E-state index in [-0.39, 0.29) is 11.5 Å². The monoisotopic (exact) mass is 255 g/mol. The minimum Gasteiger partial charge on any atom is -0.376 e. The van der Waals surface area contributed by atoms with Crippen LogP contribution in [0.5, 0.6) is 0 Å². The maximum atomic E-state index is 10.9. The highest BCUT2D eigenvalue weighted by molar-refractivity contribution is 5.73. The van der Waals surface area contributed by atoms with E-state index in [1.165, 1.54) is 32.4 Å². The Morgan fingerprint density at radius 3 is 2.83 bits per heavy atom. The number of amides is 1. The fraction of sp³-hybridized carbons (Fsp3) is 0.929. The summed E-state index contributed by atoms with van der Waals surface area (Å²) >= 11 is 0. The third kappa shape index (κ3) is 3.45. The molecule has 2 rings (SSSR count). The third-order valence-corrected chi connectivity index (χ3v) is 4.51. The molecule has 2 heterocycles. The highest BCUT2D eigenvalue weighted by Crippen LogP contribution is 2.42. The molecule has 0 aromatic heterocycles. The number of likely N-dealkylation sites (tertiary alicyclic amines) is 1. The number of ether oxygens (including phenoxy) is 1. The Morgan fingerprint density at radius 1 is 1.39 bits per heavy atom. The fourth-order valence-corrected chi connectivity index (χ4v) is 3.88. The van der Waals surface area contributed by atoms with E-state index in [4.69, 9.17) is 10.5 Å². The molecule has 0 aliphatic carbocycles. The molecule has 4 nitrogen and oxygen atoms in total. The smallest absolute Gasteiger partial charge is 0.223 e. The quantitative estimate of drug-likeness (QED) is 0.752. The number of nitrogens with two attached hydrogens (primary N) is 1. The van der Waals surface area contributed by atoms with Crippen molar-refractivity contribution in [2.75, 3.05) is 26.2 Å². The van der Waals surface area contributed by atoms with Gasteiger partial charge < -0.3 is 15.4 Å². The summed E-state index contributed by atoms with van der Waals surface area (Å²) in [4.78, 5) is 12.5. The van der Waals surface area contributed by atoms with Crippen LogP contribution in [-0.4, -0.2) is 37.7 Å². The van der Waals surface area contributed by atoms with E-state index in [1.54, 1.807) is 4.90 Å². The molecule has 4 heteroatoms. The first-order valence-corrected chi connectivity index (χ1v) is 7.17. The first-order valence-electron chi connectivity index (χ1n) is 7.17. The van der Waals surface area contributed by atoms with Gasteiger partial charge in [0.2, 0.25) is 5.91 Å². The average molecular weight is 255 g/mol. The van der Waals surface area contributed by atoms with Crippen LogP contribution in [0.15, 0.2) is 0 Å². The summed E-state index contributed by atoms with van der Waals surface area (Å²) in [5.41, 5.74) is 5.71. The molecule has 1 unspecified atom stereocenters. The van der Waals surface area contributed by atoms with Gasteiger partial charge in [-0.1, -0.05) is 0 Å². The molecule has 0 aromatic rings. The van der Waals surface area contributed by atoms with Gasteiger partial charge in [-0.25, -0.2) is 0 Å². The van der Waals surface area contributed by atoms with E-state index in [2.05, 4.69) is 13.8 Å². The van der Waals surface area contributed by atoms with Crippen LogP contribution in [0, 0.1) is 5.41 Å². The van der Waals surface area contributed by atoms with Crippen molar-refractivity contribution in [2.45, 2.75) is 51.6 Å². The zero-order valence-electron chi connectivity index (χ0n) is 11.8. The van der Waals surface area contributed by atoms with Crippen LogP contribution in [0.2, 0.25) is 0 Å². The van der Waals surface area contributed by atoms with Crippen LogP contribution in [-0.2, 0) is 9.53 Å². The topological polar surface area (TPSA) is 56.8 Å². The molecule has 3 N–H and O–H groups in total. The van der Waals surface area contributed by atoms with Crippen molar-refractivity contribution in [1.82, 2.24) is 0 Å². The second kappa shape index (κ2) is 5.17. The van der Waals surface area contributed by atoms with Crippen molar-refractivity contribution in [3.05, 3.63) is 0 Å². The number of carbonyl (C=O) groups excluding carboxylic acids is 1. The first-order chi connectivity index (χ1) is 8.41. The number of rotatable bonds is 3. The molecular formula is C14H27N2O2+. The van der Waals surface area contributed by atoms with Crippen LogP contribution in [0.4, 0.5) is 0 Å². The number of nitrogens with one attached hydrogen (secondary N) is 1. The largest absolute Gasteiger partial charge is 0.376 e. The van der Waals surface area contributed by atoms with E-state index < -0.39 is 0 Å². The van der Waals surface area contributed by atoms with E-state index in [1.807, 2.05) is 0 Å². The Bertz CT molecular complexity index is 313. The molecule has 2 saturated heterocycles. The van der Waals surface area contributed by atoms with Crippen molar-refractivity contribution in [3.8, 4) is 0 Å². The maximum Gasteiger partial charge on any atom is 0.223 e. The molecule has 2 atom stereocenters. The minimum atomic E-state index is -0.172. The van der Waals surface area contributed by atoms with Crippen LogP contribution >= 0.6 is 0 Å². The van der Waals surface area contributed by atoms with Gasteiger partial charge in [-0.3, -0.25) is 4.79 Å². The lowest BCUT2D eigenvalue weighted by Crippen LogP contribution is -3.14. The van der Waals surface area contributed by atoms with Crippen molar-refractivity contribution in [1.29, 1.82) is 0 Å². The molecule has 0 aromatic carbocycles. The number of piperidine rings is 1. The number of quaternary nitrogens is 1. The van der Waals surface area contributed by atoms with Gasteiger partial charge >= 0.3 is 0 Å². The lowest BCUT2D eigenvalue weighted by atomic mass is 9.69. The Kier molecular flexibility index (Phi) is 3.97. The van der Waals surface area contributed by atoms with Gasteiger partial charge in [0.05, 0.1) is 31.7 Å².